The number of nitrogens with zero attached hydrogens (tertiary/aromatic N) is 1. The molecule has 0 fully saturated rings. The molecule has 1 unspecified atom stereocenters. The van der Waals surface area contributed by atoms with E-state index in [0.29, 0.717) is 0 Å². The molecule has 0 aliphatic carbocycles. The van der Waals surface area contributed by atoms with Gasteiger partial charge in [0.1, 0.15) is 0 Å². The van der Waals surface area contributed by atoms with Gasteiger partial charge in [-0.05, 0) is 12.1 Å². The molecule has 1 aliphatic rings. The van der Waals surface area contributed by atoms with Crippen LogP contribution < -0.4 is 0 Å². The fourth-order valence-corrected chi connectivity index (χ4v) is 3.80. The van der Waals surface area contributed by atoms with Crippen molar-refractivity contribution in [2.45, 2.75) is 11.2 Å². The van der Waals surface area contributed by atoms with Crippen LogP contribution in [0, 0.1) is 0 Å². The summed E-state index contributed by atoms with van der Waals surface area (Å²) in [4.78, 5) is 11.2. The monoisotopic (exact) mass is 374 g/mol. The van der Waals surface area contributed by atoms with Crippen molar-refractivity contribution >= 4 is 25.8 Å². The van der Waals surface area contributed by atoms with Gasteiger partial charge in [0.25, 0.3) is 5.91 Å². The summed E-state index contributed by atoms with van der Waals surface area (Å²) in [7, 11) is -3.96. The number of hydrogen-bond donors (Lipinski definition) is 0. The number of carbonyl (C=O) groups excluding carboxylic acids is 1. The van der Waals surface area contributed by atoms with Gasteiger partial charge in [0.2, 0.25) is 0 Å². The molecule has 97 valence electrons. The SMILES string of the molecule is O=C1c2ccccc2S(=O)(=S)N1C(F)(F)F.[Ag]. The predicted molar refractivity (Wildman–Crippen MR) is 52.4 cm³/mol. The van der Waals surface area contributed by atoms with Crippen molar-refractivity contribution < 1.29 is 44.6 Å². The second-order valence-corrected chi connectivity index (χ2v) is 6.15. The van der Waals surface area contributed by atoms with Crippen LogP contribution >= 0.6 is 0 Å². The van der Waals surface area contributed by atoms with Crippen molar-refractivity contribution in [2.24, 2.45) is 0 Å². The Morgan fingerprint density at radius 1 is 1.24 bits per heavy atom. The molecule has 1 atom stereocenters. The molecule has 17 heavy (non-hydrogen) atoms. The van der Waals surface area contributed by atoms with Crippen molar-refractivity contribution in [3.05, 3.63) is 29.8 Å². The van der Waals surface area contributed by atoms with Gasteiger partial charge < -0.3 is 0 Å². The molecule has 0 spiro atoms. The Balaban J connectivity index is 0.00000144. The molecule has 3 nitrogen and oxygen atoms in total. The Bertz CT molecular complexity index is 570. The molecule has 1 aliphatic heterocycles. The van der Waals surface area contributed by atoms with E-state index in [1.165, 1.54) is 24.3 Å². The third-order valence-corrected chi connectivity index (χ3v) is 4.80. The summed E-state index contributed by atoms with van der Waals surface area (Å²) in [5.41, 5.74) is -0.250. The molecular weight excluding hydrogens is 371 g/mol. The number of halogens is 3. The quantitative estimate of drug-likeness (QED) is 0.512. The van der Waals surface area contributed by atoms with Gasteiger partial charge in [-0.3, -0.25) is 4.79 Å². The maximum Gasteiger partial charge on any atom is 0.499 e. The summed E-state index contributed by atoms with van der Waals surface area (Å²) in [6.45, 7) is 0. The van der Waals surface area contributed by atoms with Crippen LogP contribution in [-0.4, -0.2) is 20.7 Å². The Hall–Kier alpha value is -0.410. The van der Waals surface area contributed by atoms with Gasteiger partial charge in [0, 0.05) is 33.6 Å². The second kappa shape index (κ2) is 4.36. The molecule has 1 amide bonds. The van der Waals surface area contributed by atoms with Crippen LogP contribution in [0.5, 0.6) is 0 Å². The van der Waals surface area contributed by atoms with E-state index in [1.807, 2.05) is 0 Å². The normalized spacial score (nSPS) is 23.2. The minimum atomic E-state index is -5.03. The van der Waals surface area contributed by atoms with E-state index in [0.717, 1.165) is 0 Å². The van der Waals surface area contributed by atoms with E-state index in [9.17, 15) is 22.2 Å². The first-order valence-corrected chi connectivity index (χ1v) is 6.46. The van der Waals surface area contributed by atoms with Gasteiger partial charge in [0.05, 0.1) is 10.5 Å². The molecule has 0 aromatic heterocycles. The number of amides is 1. The topological polar surface area (TPSA) is 37.4 Å². The number of fused-ring (bicyclic) bond motifs is 1. The standard InChI is InChI=1S/C8H4F3NO2S2.Ag/c9-8(10,11)12-7(13)5-3-1-2-4-6(5)16(12,14)15;/h1-4H;. The van der Waals surface area contributed by atoms with Gasteiger partial charge in [-0.15, -0.1) is 13.2 Å². The molecular formula is C8H4AgF3NO2S2. The number of alkyl halides is 3. The van der Waals surface area contributed by atoms with Gasteiger partial charge in [-0.1, -0.05) is 12.1 Å². The van der Waals surface area contributed by atoms with Crippen molar-refractivity contribution in [1.82, 2.24) is 4.31 Å². The molecule has 1 aromatic rings. The average Bonchev–Trinajstić information content (AvgIpc) is 2.34. The van der Waals surface area contributed by atoms with Crippen molar-refractivity contribution in [3.63, 3.8) is 0 Å². The summed E-state index contributed by atoms with van der Waals surface area (Å²) in [5, 5.41) is 0. The number of hydrogen-bond acceptors (Lipinski definition) is 3. The zero-order chi connectivity index (χ0) is 12.1. The van der Waals surface area contributed by atoms with Gasteiger partial charge in [0.15, 0.2) is 8.68 Å². The molecule has 0 saturated carbocycles. The van der Waals surface area contributed by atoms with Crippen LogP contribution in [0.15, 0.2) is 29.2 Å². The van der Waals surface area contributed by atoms with E-state index in [4.69, 9.17) is 0 Å². The third kappa shape index (κ3) is 2.15. The zero-order valence-corrected chi connectivity index (χ0v) is 10.9. The van der Waals surface area contributed by atoms with Crippen LogP contribution in [0.2, 0.25) is 0 Å². The van der Waals surface area contributed by atoms with E-state index >= 15 is 0 Å². The van der Waals surface area contributed by atoms with Crippen molar-refractivity contribution in [1.29, 1.82) is 0 Å². The summed E-state index contributed by atoms with van der Waals surface area (Å²) in [6, 6.07) is 5.13. The van der Waals surface area contributed by atoms with Crippen LogP contribution in [0.25, 0.3) is 0 Å². The Morgan fingerprint density at radius 3 is 2.24 bits per heavy atom. The molecule has 1 aromatic carbocycles. The van der Waals surface area contributed by atoms with Crippen LogP contribution in [0.3, 0.4) is 0 Å². The van der Waals surface area contributed by atoms with E-state index in [-0.39, 0.29) is 32.8 Å². The molecule has 0 N–H and O–H groups in total. The van der Waals surface area contributed by atoms with Crippen molar-refractivity contribution in [3.8, 4) is 0 Å². The molecule has 2 rings (SSSR count). The maximum atomic E-state index is 12.5. The molecule has 0 saturated heterocycles. The second-order valence-electron chi connectivity index (χ2n) is 3.04. The largest absolute Gasteiger partial charge is 0.499 e. The average molecular weight is 375 g/mol. The predicted octanol–water partition coefficient (Wildman–Crippen LogP) is 1.68. The minimum absolute atomic E-state index is 0. The Kier molecular flexibility index (Phi) is 3.76. The van der Waals surface area contributed by atoms with Crippen LogP contribution in [0.1, 0.15) is 10.4 Å². The van der Waals surface area contributed by atoms with Gasteiger partial charge in [-0.25, -0.2) is 4.21 Å². The summed E-state index contributed by atoms with van der Waals surface area (Å²) in [6.07, 6.45) is -5.03. The summed E-state index contributed by atoms with van der Waals surface area (Å²) >= 11 is 4.42. The van der Waals surface area contributed by atoms with E-state index in [2.05, 4.69) is 11.2 Å². The van der Waals surface area contributed by atoms with Crippen molar-refractivity contribution in [2.75, 3.05) is 0 Å². The number of carbonyl (C=O) groups is 1. The Labute approximate surface area is 115 Å². The summed E-state index contributed by atoms with van der Waals surface area (Å²) in [5.74, 6) is -1.36. The number of rotatable bonds is 0. The Morgan fingerprint density at radius 2 is 1.76 bits per heavy atom. The van der Waals surface area contributed by atoms with Crippen LogP contribution in [-0.2, 0) is 42.2 Å². The van der Waals surface area contributed by atoms with E-state index in [1.54, 1.807) is 0 Å². The first-order chi connectivity index (χ1) is 7.26. The zero-order valence-electron chi connectivity index (χ0n) is 7.83. The smallest absolute Gasteiger partial charge is 0.268 e. The molecule has 1 radical (unpaired) electrons. The minimum Gasteiger partial charge on any atom is -0.268 e. The third-order valence-electron chi connectivity index (χ3n) is 2.05. The summed E-state index contributed by atoms with van der Waals surface area (Å²) < 4.78 is 48.7. The first kappa shape index (κ1) is 14.7. The maximum absolute atomic E-state index is 12.5. The molecule has 9 heteroatoms. The number of benzene rings is 1. The first-order valence-electron chi connectivity index (χ1n) is 4.02. The fraction of sp³-hybridized carbons (Fsp3) is 0.125. The molecule has 1 heterocycles. The van der Waals surface area contributed by atoms with Crippen LogP contribution in [0.4, 0.5) is 13.2 Å². The van der Waals surface area contributed by atoms with E-state index < -0.39 is 25.2 Å². The molecule has 0 bridgehead atoms. The van der Waals surface area contributed by atoms with Gasteiger partial charge in [-0.2, -0.15) is 4.31 Å². The van der Waals surface area contributed by atoms with Gasteiger partial charge >= 0.3 is 6.30 Å². The fourth-order valence-electron chi connectivity index (χ4n) is 1.44.